The van der Waals surface area contributed by atoms with Crippen LogP contribution in [0.4, 0.5) is 0 Å². The number of hydrogen-bond donors (Lipinski definition) is 2. The average Bonchev–Trinajstić information content (AvgIpc) is 3.03. The van der Waals surface area contributed by atoms with Gasteiger partial charge < -0.3 is 10.3 Å². The smallest absolute Gasteiger partial charge is 0.244 e. The Bertz CT molecular complexity index is 661. The molecular formula is C10H17N7O2S. The molecule has 0 bridgehead atoms. The van der Waals surface area contributed by atoms with Crippen LogP contribution in [0.2, 0.25) is 0 Å². The molecule has 3 N–H and O–H groups in total. The zero-order valence-corrected chi connectivity index (χ0v) is 11.9. The fourth-order valence-electron chi connectivity index (χ4n) is 1.57. The van der Waals surface area contributed by atoms with Crippen LogP contribution in [-0.4, -0.2) is 39.5 Å². The van der Waals surface area contributed by atoms with Crippen LogP contribution in [-0.2, 0) is 30.2 Å². The number of rotatable bonds is 7. The number of aromatic nitrogens is 5. The molecule has 0 saturated heterocycles. The molecule has 2 rings (SSSR count). The van der Waals surface area contributed by atoms with Gasteiger partial charge in [0.1, 0.15) is 17.0 Å². The molecule has 0 aliphatic rings. The van der Waals surface area contributed by atoms with Crippen molar-refractivity contribution in [3.63, 3.8) is 0 Å². The Morgan fingerprint density at radius 3 is 2.90 bits per heavy atom. The van der Waals surface area contributed by atoms with E-state index >= 15 is 0 Å². The maximum atomic E-state index is 12.1. The second kappa shape index (κ2) is 6.11. The standard InChI is InChI=1S/C10H17N7O2S/c1-16-8-12-15-10(16)6-14-20(18,19)9-5-13-17(7-9)4-2-3-11/h5,7-8,14H,2-4,6,11H2,1H3. The fourth-order valence-corrected chi connectivity index (χ4v) is 2.50. The molecule has 2 aromatic rings. The van der Waals surface area contributed by atoms with Gasteiger partial charge in [0.15, 0.2) is 0 Å². The van der Waals surface area contributed by atoms with E-state index in [4.69, 9.17) is 5.73 Å². The molecule has 110 valence electrons. The van der Waals surface area contributed by atoms with Crippen LogP contribution in [0.5, 0.6) is 0 Å². The van der Waals surface area contributed by atoms with Gasteiger partial charge in [-0.25, -0.2) is 13.1 Å². The summed E-state index contributed by atoms with van der Waals surface area (Å²) in [4.78, 5) is 0.122. The molecule has 0 unspecified atom stereocenters. The third-order valence-electron chi connectivity index (χ3n) is 2.74. The fraction of sp³-hybridized carbons (Fsp3) is 0.500. The van der Waals surface area contributed by atoms with Gasteiger partial charge in [-0.05, 0) is 13.0 Å². The van der Waals surface area contributed by atoms with E-state index in [0.717, 1.165) is 6.42 Å². The first-order chi connectivity index (χ1) is 9.53. The van der Waals surface area contributed by atoms with Crippen molar-refractivity contribution >= 4 is 10.0 Å². The third kappa shape index (κ3) is 3.40. The first kappa shape index (κ1) is 14.6. The predicted molar refractivity (Wildman–Crippen MR) is 70.9 cm³/mol. The van der Waals surface area contributed by atoms with E-state index in [9.17, 15) is 8.42 Å². The van der Waals surface area contributed by atoms with Crippen molar-refractivity contribution < 1.29 is 8.42 Å². The van der Waals surface area contributed by atoms with Gasteiger partial charge in [0.2, 0.25) is 10.0 Å². The zero-order valence-electron chi connectivity index (χ0n) is 11.1. The highest BCUT2D eigenvalue weighted by molar-refractivity contribution is 7.89. The maximum absolute atomic E-state index is 12.1. The summed E-state index contributed by atoms with van der Waals surface area (Å²) in [7, 11) is -1.86. The molecule has 20 heavy (non-hydrogen) atoms. The van der Waals surface area contributed by atoms with Crippen LogP contribution in [0.1, 0.15) is 12.2 Å². The molecule has 9 nitrogen and oxygen atoms in total. The number of hydrogen-bond acceptors (Lipinski definition) is 6. The van der Waals surface area contributed by atoms with Crippen LogP contribution in [0.25, 0.3) is 0 Å². The third-order valence-corrected chi connectivity index (χ3v) is 4.09. The number of nitrogens with zero attached hydrogens (tertiary/aromatic N) is 5. The van der Waals surface area contributed by atoms with Crippen molar-refractivity contribution in [2.24, 2.45) is 12.8 Å². The van der Waals surface area contributed by atoms with Crippen molar-refractivity contribution in [1.82, 2.24) is 29.3 Å². The summed E-state index contributed by atoms with van der Waals surface area (Å²) >= 11 is 0. The van der Waals surface area contributed by atoms with Gasteiger partial charge >= 0.3 is 0 Å². The summed E-state index contributed by atoms with van der Waals surface area (Å²) in [5.74, 6) is 0.532. The van der Waals surface area contributed by atoms with Gasteiger partial charge in [-0.1, -0.05) is 0 Å². The van der Waals surface area contributed by atoms with Gasteiger partial charge in [-0.15, -0.1) is 10.2 Å². The Kier molecular flexibility index (Phi) is 4.47. The molecular weight excluding hydrogens is 282 g/mol. The van der Waals surface area contributed by atoms with Gasteiger partial charge in [-0.2, -0.15) is 5.10 Å². The highest BCUT2D eigenvalue weighted by Gasteiger charge is 2.17. The first-order valence-corrected chi connectivity index (χ1v) is 7.56. The average molecular weight is 299 g/mol. The van der Waals surface area contributed by atoms with Gasteiger partial charge in [-0.3, -0.25) is 4.68 Å². The molecule has 0 aromatic carbocycles. The van der Waals surface area contributed by atoms with E-state index in [-0.39, 0.29) is 11.4 Å². The number of nitrogens with one attached hydrogen (secondary N) is 1. The number of nitrogens with two attached hydrogens (primary N) is 1. The van der Waals surface area contributed by atoms with Gasteiger partial charge in [0.05, 0.1) is 12.7 Å². The van der Waals surface area contributed by atoms with Crippen LogP contribution in [0, 0.1) is 0 Å². The minimum absolute atomic E-state index is 0.0762. The Morgan fingerprint density at radius 2 is 2.25 bits per heavy atom. The highest BCUT2D eigenvalue weighted by atomic mass is 32.2. The van der Waals surface area contributed by atoms with Gasteiger partial charge in [0.25, 0.3) is 0 Å². The van der Waals surface area contributed by atoms with E-state index in [2.05, 4.69) is 20.0 Å². The zero-order chi connectivity index (χ0) is 14.6. The summed E-state index contributed by atoms with van der Waals surface area (Å²) in [5.41, 5.74) is 5.40. The number of sulfonamides is 1. The monoisotopic (exact) mass is 299 g/mol. The molecule has 0 spiro atoms. The molecule has 0 aliphatic heterocycles. The molecule has 0 radical (unpaired) electrons. The van der Waals surface area contributed by atoms with E-state index in [1.807, 2.05) is 0 Å². The van der Waals surface area contributed by atoms with E-state index in [0.29, 0.717) is 18.9 Å². The summed E-state index contributed by atoms with van der Waals surface area (Å²) in [6, 6.07) is 0. The van der Waals surface area contributed by atoms with Crippen molar-refractivity contribution in [3.8, 4) is 0 Å². The molecule has 0 aliphatic carbocycles. The Hall–Kier alpha value is -1.78. The van der Waals surface area contributed by atoms with Crippen LogP contribution < -0.4 is 10.5 Å². The maximum Gasteiger partial charge on any atom is 0.244 e. The summed E-state index contributed by atoms with van der Waals surface area (Å²) in [6.07, 6.45) is 5.05. The Balaban J connectivity index is 2.03. The lowest BCUT2D eigenvalue weighted by Gasteiger charge is -2.04. The SMILES string of the molecule is Cn1cnnc1CNS(=O)(=O)c1cnn(CCCN)c1. The quantitative estimate of drug-likeness (QED) is 0.665. The first-order valence-electron chi connectivity index (χ1n) is 6.08. The molecule has 2 heterocycles. The molecule has 2 aromatic heterocycles. The predicted octanol–water partition coefficient (Wildman–Crippen LogP) is -1.16. The molecule has 10 heteroatoms. The highest BCUT2D eigenvalue weighted by Crippen LogP contribution is 2.08. The lowest BCUT2D eigenvalue weighted by atomic mass is 10.4. The van der Waals surface area contributed by atoms with Crippen LogP contribution in [0.3, 0.4) is 0 Å². The van der Waals surface area contributed by atoms with E-state index in [1.54, 1.807) is 16.3 Å². The topological polar surface area (TPSA) is 121 Å². The Labute approximate surface area is 116 Å². The van der Waals surface area contributed by atoms with Crippen LogP contribution in [0.15, 0.2) is 23.6 Å². The minimum atomic E-state index is -3.60. The van der Waals surface area contributed by atoms with Crippen molar-refractivity contribution in [2.75, 3.05) is 6.54 Å². The van der Waals surface area contributed by atoms with E-state index < -0.39 is 10.0 Å². The van der Waals surface area contributed by atoms with Crippen molar-refractivity contribution in [3.05, 3.63) is 24.5 Å². The van der Waals surface area contributed by atoms with Gasteiger partial charge in [0, 0.05) is 19.8 Å². The second-order valence-corrected chi connectivity index (χ2v) is 6.03. The summed E-state index contributed by atoms with van der Waals surface area (Å²) < 4.78 is 29.8. The number of aryl methyl sites for hydroxylation is 2. The van der Waals surface area contributed by atoms with E-state index in [1.165, 1.54) is 18.7 Å². The largest absolute Gasteiger partial charge is 0.330 e. The molecule has 0 saturated carbocycles. The molecule has 0 fully saturated rings. The minimum Gasteiger partial charge on any atom is -0.330 e. The summed E-state index contributed by atoms with van der Waals surface area (Å²) in [6.45, 7) is 1.20. The van der Waals surface area contributed by atoms with Crippen molar-refractivity contribution in [1.29, 1.82) is 0 Å². The lowest BCUT2D eigenvalue weighted by Crippen LogP contribution is -2.24. The Morgan fingerprint density at radius 1 is 1.45 bits per heavy atom. The lowest BCUT2D eigenvalue weighted by molar-refractivity contribution is 0.573. The molecule has 0 amide bonds. The van der Waals surface area contributed by atoms with Crippen LogP contribution >= 0.6 is 0 Å². The summed E-state index contributed by atoms with van der Waals surface area (Å²) in [5, 5.41) is 11.5. The molecule has 0 atom stereocenters. The second-order valence-electron chi connectivity index (χ2n) is 4.26. The normalized spacial score (nSPS) is 11.9. The van der Waals surface area contributed by atoms with Crippen molar-refractivity contribution in [2.45, 2.75) is 24.4 Å².